The van der Waals surface area contributed by atoms with Crippen molar-refractivity contribution < 1.29 is 9.59 Å². The van der Waals surface area contributed by atoms with Crippen LogP contribution >= 0.6 is 11.6 Å². The first-order chi connectivity index (χ1) is 15.0. The monoisotopic (exact) mass is 436 g/mol. The van der Waals surface area contributed by atoms with E-state index in [0.29, 0.717) is 40.5 Å². The quantitative estimate of drug-likeness (QED) is 0.445. The SMILES string of the molecule is C[C@@H]1CNC(=O)c2c(Cl)c3ccc(C(=O)N/C(C=N)=C/NCc4ccccc4)nc3n21. The Morgan fingerprint density at radius 1 is 1.32 bits per heavy atom. The molecule has 4 rings (SSSR count). The van der Waals surface area contributed by atoms with E-state index in [1.807, 2.05) is 37.3 Å². The summed E-state index contributed by atoms with van der Waals surface area (Å²) in [4.78, 5) is 29.5. The van der Waals surface area contributed by atoms with Crippen molar-refractivity contribution in [1.29, 1.82) is 5.41 Å². The van der Waals surface area contributed by atoms with E-state index in [-0.39, 0.29) is 17.6 Å². The van der Waals surface area contributed by atoms with Crippen molar-refractivity contribution in [3.63, 3.8) is 0 Å². The highest BCUT2D eigenvalue weighted by molar-refractivity contribution is 6.38. The summed E-state index contributed by atoms with van der Waals surface area (Å²) >= 11 is 6.41. The first-order valence-electron chi connectivity index (χ1n) is 9.77. The molecule has 1 aliphatic heterocycles. The number of fused-ring (bicyclic) bond motifs is 3. The number of carbonyl (C=O) groups is 2. The summed E-state index contributed by atoms with van der Waals surface area (Å²) in [6.07, 6.45) is 2.62. The molecule has 9 heteroatoms. The molecule has 31 heavy (non-hydrogen) atoms. The van der Waals surface area contributed by atoms with Gasteiger partial charge < -0.3 is 25.9 Å². The molecule has 3 heterocycles. The zero-order chi connectivity index (χ0) is 22.0. The Labute approximate surface area is 183 Å². The van der Waals surface area contributed by atoms with E-state index in [0.717, 1.165) is 11.8 Å². The molecule has 3 aromatic rings. The smallest absolute Gasteiger partial charge is 0.274 e. The van der Waals surface area contributed by atoms with Crippen LogP contribution < -0.4 is 16.0 Å². The van der Waals surface area contributed by atoms with E-state index in [9.17, 15) is 9.59 Å². The van der Waals surface area contributed by atoms with Gasteiger partial charge in [-0.25, -0.2) is 4.98 Å². The van der Waals surface area contributed by atoms with Crippen molar-refractivity contribution in [1.82, 2.24) is 25.5 Å². The van der Waals surface area contributed by atoms with Crippen molar-refractivity contribution in [2.45, 2.75) is 19.5 Å². The predicted molar refractivity (Wildman–Crippen MR) is 119 cm³/mol. The summed E-state index contributed by atoms with van der Waals surface area (Å²) < 4.78 is 1.77. The van der Waals surface area contributed by atoms with Gasteiger partial charge in [0.05, 0.1) is 16.8 Å². The Balaban J connectivity index is 1.56. The van der Waals surface area contributed by atoms with Gasteiger partial charge in [-0.1, -0.05) is 41.9 Å². The fourth-order valence-electron chi connectivity index (χ4n) is 3.51. The molecule has 0 saturated heterocycles. The van der Waals surface area contributed by atoms with Crippen molar-refractivity contribution >= 4 is 40.7 Å². The average Bonchev–Trinajstić information content (AvgIpc) is 3.09. The second kappa shape index (κ2) is 8.61. The van der Waals surface area contributed by atoms with Crippen LogP contribution in [0.15, 0.2) is 54.4 Å². The Kier molecular flexibility index (Phi) is 5.73. The highest BCUT2D eigenvalue weighted by Gasteiger charge is 2.29. The van der Waals surface area contributed by atoms with Crippen LogP contribution in [0.3, 0.4) is 0 Å². The lowest BCUT2D eigenvalue weighted by molar-refractivity contribution is 0.0918. The molecule has 4 N–H and O–H groups in total. The molecule has 1 aliphatic rings. The van der Waals surface area contributed by atoms with E-state index in [1.165, 1.54) is 0 Å². The minimum atomic E-state index is -0.460. The van der Waals surface area contributed by atoms with Gasteiger partial charge in [0.1, 0.15) is 17.0 Å². The number of benzene rings is 1. The zero-order valence-corrected chi connectivity index (χ0v) is 17.5. The van der Waals surface area contributed by atoms with Crippen LogP contribution in [0.25, 0.3) is 11.0 Å². The normalized spacial score (nSPS) is 15.9. The standard InChI is InChI=1S/C22H21ClN6O2/c1-13-10-26-22(31)19-18(23)16-7-8-17(28-20(16)29(13)19)21(30)27-15(9-24)12-25-11-14-5-3-2-4-6-14/h2-9,12-13,24-25H,10-11H2,1H3,(H,26,31)(H,27,30)/b15-12+,24-9?/t13-/m1/s1. The van der Waals surface area contributed by atoms with Gasteiger partial charge in [0, 0.05) is 30.9 Å². The molecule has 0 saturated carbocycles. The molecule has 2 aromatic heterocycles. The largest absolute Gasteiger partial charge is 0.385 e. The van der Waals surface area contributed by atoms with E-state index in [1.54, 1.807) is 22.9 Å². The molecule has 0 fully saturated rings. The molecular formula is C22H21ClN6O2. The molecule has 8 nitrogen and oxygen atoms in total. The van der Waals surface area contributed by atoms with Crippen molar-refractivity contribution in [3.05, 3.63) is 76.3 Å². The maximum atomic E-state index is 12.7. The number of allylic oxidation sites excluding steroid dienone is 1. The van der Waals surface area contributed by atoms with Crippen molar-refractivity contribution in [3.8, 4) is 0 Å². The van der Waals surface area contributed by atoms with Gasteiger partial charge in [-0.3, -0.25) is 9.59 Å². The Morgan fingerprint density at radius 2 is 2.10 bits per heavy atom. The van der Waals surface area contributed by atoms with E-state index >= 15 is 0 Å². The Hall–Kier alpha value is -3.65. The second-order valence-corrected chi connectivity index (χ2v) is 7.60. The minimum Gasteiger partial charge on any atom is -0.385 e. The highest BCUT2D eigenvalue weighted by Crippen LogP contribution is 2.34. The first-order valence-corrected chi connectivity index (χ1v) is 10.2. The number of pyridine rings is 1. The predicted octanol–water partition coefficient (Wildman–Crippen LogP) is 3.00. The Morgan fingerprint density at radius 3 is 2.84 bits per heavy atom. The van der Waals surface area contributed by atoms with Gasteiger partial charge >= 0.3 is 0 Å². The van der Waals surface area contributed by atoms with Crippen molar-refractivity contribution in [2.75, 3.05) is 6.54 Å². The summed E-state index contributed by atoms with van der Waals surface area (Å²) in [5, 5.41) is 17.1. The molecule has 1 atom stereocenters. The molecule has 0 spiro atoms. The fourth-order valence-corrected chi connectivity index (χ4v) is 3.83. The van der Waals surface area contributed by atoms with Crippen LogP contribution in [-0.2, 0) is 6.54 Å². The number of nitrogens with one attached hydrogen (secondary N) is 4. The van der Waals surface area contributed by atoms with Gasteiger partial charge in [0.2, 0.25) is 0 Å². The van der Waals surface area contributed by atoms with Crippen LogP contribution in [-0.4, -0.2) is 34.1 Å². The van der Waals surface area contributed by atoms with Gasteiger partial charge in [-0.15, -0.1) is 0 Å². The third-order valence-corrected chi connectivity index (χ3v) is 5.44. The maximum absolute atomic E-state index is 12.7. The van der Waals surface area contributed by atoms with E-state index < -0.39 is 5.91 Å². The number of aromatic nitrogens is 2. The number of amides is 2. The van der Waals surface area contributed by atoms with Crippen molar-refractivity contribution in [2.24, 2.45) is 0 Å². The molecule has 2 amide bonds. The number of hydrogen-bond acceptors (Lipinski definition) is 5. The number of rotatable bonds is 6. The third kappa shape index (κ3) is 4.02. The van der Waals surface area contributed by atoms with Gasteiger partial charge in [-0.2, -0.15) is 0 Å². The molecule has 0 unspecified atom stereocenters. The fraction of sp³-hybridized carbons (Fsp3) is 0.182. The molecule has 0 radical (unpaired) electrons. The minimum absolute atomic E-state index is 0.0484. The number of nitrogens with zero attached hydrogens (tertiary/aromatic N) is 2. The number of hydrogen-bond donors (Lipinski definition) is 4. The Bertz CT molecular complexity index is 1200. The maximum Gasteiger partial charge on any atom is 0.274 e. The van der Waals surface area contributed by atoms with Crippen LogP contribution in [0.5, 0.6) is 0 Å². The van der Waals surface area contributed by atoms with E-state index in [2.05, 4.69) is 20.9 Å². The van der Waals surface area contributed by atoms with E-state index in [4.69, 9.17) is 17.0 Å². The van der Waals surface area contributed by atoms with Crippen LogP contribution in [0.2, 0.25) is 5.02 Å². The molecule has 0 bridgehead atoms. The first kappa shape index (κ1) is 20.6. The lowest BCUT2D eigenvalue weighted by atomic mass is 10.2. The summed E-state index contributed by atoms with van der Waals surface area (Å²) in [5.74, 6) is -0.719. The topological polar surface area (TPSA) is 112 Å². The highest BCUT2D eigenvalue weighted by atomic mass is 35.5. The van der Waals surface area contributed by atoms with Crippen LogP contribution in [0.1, 0.15) is 39.5 Å². The van der Waals surface area contributed by atoms with Gasteiger partial charge in [0.25, 0.3) is 11.8 Å². The second-order valence-electron chi connectivity index (χ2n) is 7.22. The van der Waals surface area contributed by atoms with Crippen LogP contribution in [0, 0.1) is 5.41 Å². The molecule has 0 aliphatic carbocycles. The lowest BCUT2D eigenvalue weighted by Gasteiger charge is -2.23. The summed E-state index contributed by atoms with van der Waals surface area (Å²) in [6.45, 7) is 2.96. The zero-order valence-electron chi connectivity index (χ0n) is 16.8. The molecule has 1 aromatic carbocycles. The van der Waals surface area contributed by atoms with Crippen LogP contribution in [0.4, 0.5) is 0 Å². The van der Waals surface area contributed by atoms with Gasteiger partial charge in [-0.05, 0) is 24.6 Å². The summed E-state index contributed by atoms with van der Waals surface area (Å²) in [6, 6.07) is 13.0. The number of carbonyl (C=O) groups excluding carboxylic acids is 2. The number of halogens is 1. The summed E-state index contributed by atoms with van der Waals surface area (Å²) in [5.41, 5.74) is 2.38. The molecular weight excluding hydrogens is 416 g/mol. The lowest BCUT2D eigenvalue weighted by Crippen LogP contribution is -2.37. The summed E-state index contributed by atoms with van der Waals surface area (Å²) in [7, 11) is 0. The van der Waals surface area contributed by atoms with Gasteiger partial charge in [0.15, 0.2) is 0 Å². The molecule has 158 valence electrons. The average molecular weight is 437 g/mol. The third-order valence-electron chi connectivity index (χ3n) is 5.06.